The highest BCUT2D eigenvalue weighted by molar-refractivity contribution is 6.42. The lowest BCUT2D eigenvalue weighted by atomic mass is 10.1. The predicted molar refractivity (Wildman–Crippen MR) is 120 cm³/mol. The minimum atomic E-state index is -0.689. The lowest BCUT2D eigenvalue weighted by Gasteiger charge is -2.29. The standard InChI is InChI=1S/C21H22Cl4N2O2/c1-12(2)26-21(29)13(3)27(11-14-4-7-17(23)19(25)8-14)20(28)9-15-5-6-16(22)10-18(15)24/h4-8,10,12-13H,9,11H2,1-3H3,(H,26,29)/t13-/m0/s1. The molecule has 8 heteroatoms. The van der Waals surface area contributed by atoms with Crippen LogP contribution in [0.1, 0.15) is 31.9 Å². The lowest BCUT2D eigenvalue weighted by molar-refractivity contribution is -0.140. The van der Waals surface area contributed by atoms with Crippen LogP contribution < -0.4 is 5.32 Å². The summed E-state index contributed by atoms with van der Waals surface area (Å²) in [4.78, 5) is 27.2. The van der Waals surface area contributed by atoms with Crippen molar-refractivity contribution >= 4 is 58.2 Å². The number of hydrogen-bond donors (Lipinski definition) is 1. The minimum Gasteiger partial charge on any atom is -0.352 e. The van der Waals surface area contributed by atoms with Crippen LogP contribution in [0, 0.1) is 0 Å². The second-order valence-corrected chi connectivity index (χ2v) is 8.68. The zero-order chi connectivity index (χ0) is 21.7. The Bertz CT molecular complexity index is 902. The molecule has 0 aliphatic carbocycles. The van der Waals surface area contributed by atoms with E-state index >= 15 is 0 Å². The van der Waals surface area contributed by atoms with Gasteiger partial charge in [0, 0.05) is 22.6 Å². The van der Waals surface area contributed by atoms with Crippen molar-refractivity contribution in [3.05, 3.63) is 67.6 Å². The SMILES string of the molecule is CC(C)NC(=O)[C@H](C)N(Cc1ccc(Cl)c(Cl)c1)C(=O)Cc1ccc(Cl)cc1Cl. The van der Waals surface area contributed by atoms with Crippen LogP contribution in [0.2, 0.25) is 20.1 Å². The Morgan fingerprint density at radius 2 is 1.62 bits per heavy atom. The molecular formula is C21H22Cl4N2O2. The summed E-state index contributed by atoms with van der Waals surface area (Å²) in [7, 11) is 0. The van der Waals surface area contributed by atoms with Crippen LogP contribution in [0.25, 0.3) is 0 Å². The van der Waals surface area contributed by atoms with Crippen molar-refractivity contribution in [2.24, 2.45) is 0 Å². The van der Waals surface area contributed by atoms with E-state index in [9.17, 15) is 9.59 Å². The number of nitrogens with one attached hydrogen (secondary N) is 1. The molecule has 29 heavy (non-hydrogen) atoms. The third-order valence-electron chi connectivity index (χ3n) is 4.29. The van der Waals surface area contributed by atoms with E-state index in [0.29, 0.717) is 25.7 Å². The second-order valence-electron chi connectivity index (χ2n) is 7.02. The number of halogens is 4. The topological polar surface area (TPSA) is 49.4 Å². The average Bonchev–Trinajstić information content (AvgIpc) is 2.63. The normalized spacial score (nSPS) is 12.0. The third-order valence-corrected chi connectivity index (χ3v) is 5.62. The number of hydrogen-bond acceptors (Lipinski definition) is 2. The number of benzene rings is 2. The van der Waals surface area contributed by atoms with E-state index in [1.165, 1.54) is 4.90 Å². The van der Waals surface area contributed by atoms with Gasteiger partial charge in [-0.25, -0.2) is 0 Å². The summed E-state index contributed by atoms with van der Waals surface area (Å²) in [6, 6.07) is 9.36. The molecule has 0 saturated carbocycles. The van der Waals surface area contributed by atoms with Crippen molar-refractivity contribution < 1.29 is 9.59 Å². The fourth-order valence-corrected chi connectivity index (χ4v) is 3.55. The first-order valence-corrected chi connectivity index (χ1v) is 10.6. The van der Waals surface area contributed by atoms with Crippen LogP contribution in [0.15, 0.2) is 36.4 Å². The van der Waals surface area contributed by atoms with E-state index in [-0.39, 0.29) is 30.8 Å². The summed E-state index contributed by atoms with van der Waals surface area (Å²) in [6.45, 7) is 5.62. The molecule has 0 unspecified atom stereocenters. The summed E-state index contributed by atoms with van der Waals surface area (Å²) >= 11 is 24.3. The molecule has 0 saturated heterocycles. The van der Waals surface area contributed by atoms with Gasteiger partial charge in [0.25, 0.3) is 0 Å². The van der Waals surface area contributed by atoms with Gasteiger partial charge in [-0.05, 0) is 56.2 Å². The van der Waals surface area contributed by atoms with Gasteiger partial charge < -0.3 is 10.2 Å². The van der Waals surface area contributed by atoms with Gasteiger partial charge >= 0.3 is 0 Å². The van der Waals surface area contributed by atoms with Crippen LogP contribution in [0.5, 0.6) is 0 Å². The van der Waals surface area contributed by atoms with Crippen LogP contribution >= 0.6 is 46.4 Å². The maximum atomic E-state index is 13.1. The summed E-state index contributed by atoms with van der Waals surface area (Å²) in [5.74, 6) is -0.484. The van der Waals surface area contributed by atoms with E-state index in [2.05, 4.69) is 5.32 Å². The molecule has 2 rings (SSSR count). The molecule has 0 fully saturated rings. The molecule has 0 radical (unpaired) electrons. The summed E-state index contributed by atoms with van der Waals surface area (Å²) < 4.78 is 0. The van der Waals surface area contributed by atoms with Crippen LogP contribution in [0.3, 0.4) is 0 Å². The molecule has 4 nitrogen and oxygen atoms in total. The highest BCUT2D eigenvalue weighted by Crippen LogP contribution is 2.25. The Kier molecular flexibility index (Phi) is 8.65. The van der Waals surface area contributed by atoms with Gasteiger partial charge in [0.05, 0.1) is 16.5 Å². The zero-order valence-electron chi connectivity index (χ0n) is 16.3. The molecule has 0 aromatic heterocycles. The smallest absolute Gasteiger partial charge is 0.242 e. The number of rotatable bonds is 7. The number of amides is 2. The molecule has 1 atom stereocenters. The van der Waals surface area contributed by atoms with Gasteiger partial charge in [0.2, 0.25) is 11.8 Å². The Balaban J connectivity index is 2.30. The van der Waals surface area contributed by atoms with Crippen LogP contribution in [-0.2, 0) is 22.6 Å². The van der Waals surface area contributed by atoms with E-state index in [0.717, 1.165) is 5.56 Å². The molecule has 2 aromatic rings. The van der Waals surface area contributed by atoms with E-state index in [1.54, 1.807) is 43.3 Å². The summed E-state index contributed by atoms with van der Waals surface area (Å²) in [5, 5.41) is 4.54. The highest BCUT2D eigenvalue weighted by atomic mass is 35.5. The third kappa shape index (κ3) is 6.78. The average molecular weight is 476 g/mol. The Morgan fingerprint density at radius 1 is 0.931 bits per heavy atom. The van der Waals surface area contributed by atoms with E-state index in [1.807, 2.05) is 13.8 Å². The second kappa shape index (κ2) is 10.5. The lowest BCUT2D eigenvalue weighted by Crippen LogP contribution is -2.49. The number of carbonyl (C=O) groups excluding carboxylic acids is 2. The largest absolute Gasteiger partial charge is 0.352 e. The van der Waals surface area contributed by atoms with Gasteiger partial charge in [0.15, 0.2) is 0 Å². The molecule has 2 aromatic carbocycles. The predicted octanol–water partition coefficient (Wildman–Crippen LogP) is 5.78. The van der Waals surface area contributed by atoms with Crippen molar-refractivity contribution in [3.63, 3.8) is 0 Å². The quantitative estimate of drug-likeness (QED) is 0.551. The molecule has 0 aliphatic rings. The fourth-order valence-electron chi connectivity index (χ4n) is 2.75. The highest BCUT2D eigenvalue weighted by Gasteiger charge is 2.27. The van der Waals surface area contributed by atoms with Crippen molar-refractivity contribution in [3.8, 4) is 0 Å². The zero-order valence-corrected chi connectivity index (χ0v) is 19.3. The van der Waals surface area contributed by atoms with E-state index in [4.69, 9.17) is 46.4 Å². The van der Waals surface area contributed by atoms with Gasteiger partial charge in [0.1, 0.15) is 6.04 Å². The molecule has 0 bridgehead atoms. The summed E-state index contributed by atoms with van der Waals surface area (Å²) in [5.41, 5.74) is 1.40. The first-order valence-electron chi connectivity index (χ1n) is 9.06. The molecule has 0 aliphatic heterocycles. The Labute approximate surface area is 191 Å². The molecule has 156 valence electrons. The molecule has 1 N–H and O–H groups in total. The first-order chi connectivity index (χ1) is 13.6. The number of nitrogens with zero attached hydrogens (tertiary/aromatic N) is 1. The van der Waals surface area contributed by atoms with Crippen molar-refractivity contribution in [1.29, 1.82) is 0 Å². The minimum absolute atomic E-state index is 0.0383. The van der Waals surface area contributed by atoms with Gasteiger partial charge in [-0.15, -0.1) is 0 Å². The van der Waals surface area contributed by atoms with Gasteiger partial charge in [-0.2, -0.15) is 0 Å². The first kappa shape index (κ1) is 23.8. The van der Waals surface area contributed by atoms with Crippen molar-refractivity contribution in [2.45, 2.75) is 45.8 Å². The molecule has 0 heterocycles. The monoisotopic (exact) mass is 474 g/mol. The van der Waals surface area contributed by atoms with Gasteiger partial charge in [-0.3, -0.25) is 9.59 Å². The van der Waals surface area contributed by atoms with Crippen LogP contribution in [0.4, 0.5) is 0 Å². The van der Waals surface area contributed by atoms with Crippen molar-refractivity contribution in [2.75, 3.05) is 0 Å². The molecule has 0 spiro atoms. The van der Waals surface area contributed by atoms with Crippen molar-refractivity contribution in [1.82, 2.24) is 10.2 Å². The Hall–Kier alpha value is -1.46. The fraction of sp³-hybridized carbons (Fsp3) is 0.333. The Morgan fingerprint density at radius 3 is 2.21 bits per heavy atom. The van der Waals surface area contributed by atoms with Crippen LogP contribution in [-0.4, -0.2) is 28.8 Å². The number of carbonyl (C=O) groups is 2. The maximum Gasteiger partial charge on any atom is 0.242 e. The van der Waals surface area contributed by atoms with E-state index < -0.39 is 6.04 Å². The maximum absolute atomic E-state index is 13.1. The van der Waals surface area contributed by atoms with Gasteiger partial charge in [-0.1, -0.05) is 58.5 Å². The molecule has 2 amide bonds. The molecular weight excluding hydrogens is 454 g/mol. The summed E-state index contributed by atoms with van der Waals surface area (Å²) in [6.07, 6.45) is 0.0383.